The number of hydrogen-bond donors (Lipinski definition) is 3. The topological polar surface area (TPSA) is 96.9 Å². The fraction of sp³-hybridized carbons (Fsp3) is 0.818. The molecule has 2 saturated heterocycles. The molecule has 2 unspecified atom stereocenters. The van der Waals surface area contributed by atoms with Crippen LogP contribution < -0.4 is 10.6 Å². The summed E-state index contributed by atoms with van der Waals surface area (Å²) in [7, 11) is 0. The van der Waals surface area contributed by atoms with Crippen LogP contribution in [0.15, 0.2) is 0 Å². The highest BCUT2D eigenvalue weighted by Gasteiger charge is 2.35. The Kier molecular flexibility index (Phi) is 4.38. The van der Waals surface area contributed by atoms with Gasteiger partial charge in [-0.1, -0.05) is 0 Å². The standard InChI is InChI=1S/C11H18N2O5/c14-10(15)8-5-18-6-9(8)13-11(16)12-7-1-3-17-4-2-7/h7-9H,1-6H2,(H,14,15)(H2,12,13,16). The molecule has 0 radical (unpaired) electrons. The van der Waals surface area contributed by atoms with Gasteiger partial charge in [0.15, 0.2) is 0 Å². The molecule has 2 rings (SSSR count). The molecular weight excluding hydrogens is 240 g/mol. The van der Waals surface area contributed by atoms with Crippen molar-refractivity contribution in [3.05, 3.63) is 0 Å². The van der Waals surface area contributed by atoms with Crippen molar-refractivity contribution < 1.29 is 24.2 Å². The molecule has 18 heavy (non-hydrogen) atoms. The molecule has 2 aliphatic heterocycles. The van der Waals surface area contributed by atoms with Gasteiger partial charge in [0.1, 0.15) is 5.92 Å². The van der Waals surface area contributed by atoms with Gasteiger partial charge in [-0.3, -0.25) is 4.79 Å². The van der Waals surface area contributed by atoms with Crippen LogP contribution >= 0.6 is 0 Å². The van der Waals surface area contributed by atoms with Crippen molar-refractivity contribution in [3.8, 4) is 0 Å². The predicted molar refractivity (Wildman–Crippen MR) is 61.2 cm³/mol. The Hall–Kier alpha value is -1.34. The molecule has 7 heteroatoms. The van der Waals surface area contributed by atoms with Gasteiger partial charge in [0, 0.05) is 19.3 Å². The van der Waals surface area contributed by atoms with E-state index < -0.39 is 17.9 Å². The minimum Gasteiger partial charge on any atom is -0.481 e. The number of carbonyl (C=O) groups excluding carboxylic acids is 1. The lowest BCUT2D eigenvalue weighted by Crippen LogP contribution is -2.50. The molecule has 0 spiro atoms. The summed E-state index contributed by atoms with van der Waals surface area (Å²) in [5, 5.41) is 14.4. The average Bonchev–Trinajstić information content (AvgIpc) is 2.78. The molecule has 0 saturated carbocycles. The van der Waals surface area contributed by atoms with E-state index in [2.05, 4.69) is 10.6 Å². The SMILES string of the molecule is O=C(NC1CCOCC1)NC1COCC1C(=O)O. The molecule has 2 aliphatic rings. The smallest absolute Gasteiger partial charge is 0.315 e. The lowest BCUT2D eigenvalue weighted by molar-refractivity contribution is -0.142. The lowest BCUT2D eigenvalue weighted by atomic mass is 10.0. The van der Waals surface area contributed by atoms with E-state index in [9.17, 15) is 9.59 Å². The van der Waals surface area contributed by atoms with Gasteiger partial charge in [0.25, 0.3) is 0 Å². The molecule has 2 amide bonds. The highest BCUT2D eigenvalue weighted by molar-refractivity contribution is 5.77. The van der Waals surface area contributed by atoms with Crippen LogP contribution in [0, 0.1) is 5.92 Å². The van der Waals surface area contributed by atoms with Crippen molar-refractivity contribution in [1.29, 1.82) is 0 Å². The molecular formula is C11H18N2O5. The maximum Gasteiger partial charge on any atom is 0.315 e. The van der Waals surface area contributed by atoms with Crippen LogP contribution in [0.2, 0.25) is 0 Å². The summed E-state index contributed by atoms with van der Waals surface area (Å²) in [5.74, 6) is -1.60. The molecule has 0 aromatic carbocycles. The van der Waals surface area contributed by atoms with Crippen molar-refractivity contribution in [2.75, 3.05) is 26.4 Å². The molecule has 7 nitrogen and oxygen atoms in total. The largest absolute Gasteiger partial charge is 0.481 e. The Labute approximate surface area is 105 Å². The number of carbonyl (C=O) groups is 2. The number of rotatable bonds is 3. The molecule has 0 aromatic rings. The summed E-state index contributed by atoms with van der Waals surface area (Å²) < 4.78 is 10.3. The second-order valence-electron chi connectivity index (χ2n) is 4.59. The fourth-order valence-corrected chi connectivity index (χ4v) is 2.18. The highest BCUT2D eigenvalue weighted by atomic mass is 16.5. The summed E-state index contributed by atoms with van der Waals surface area (Å²) in [5.41, 5.74) is 0. The minimum atomic E-state index is -0.941. The van der Waals surface area contributed by atoms with Crippen LogP contribution in [0.3, 0.4) is 0 Å². The van der Waals surface area contributed by atoms with Gasteiger partial charge in [-0.2, -0.15) is 0 Å². The van der Waals surface area contributed by atoms with E-state index in [0.717, 1.165) is 12.8 Å². The number of carboxylic acids is 1. The first-order chi connectivity index (χ1) is 8.66. The van der Waals surface area contributed by atoms with Crippen molar-refractivity contribution in [2.24, 2.45) is 5.92 Å². The first-order valence-electron chi connectivity index (χ1n) is 6.12. The second kappa shape index (κ2) is 6.01. The predicted octanol–water partition coefficient (Wildman–Crippen LogP) is -0.436. The normalized spacial score (nSPS) is 28.9. The third kappa shape index (κ3) is 3.33. The van der Waals surface area contributed by atoms with Crippen LogP contribution in [-0.2, 0) is 14.3 Å². The molecule has 102 valence electrons. The van der Waals surface area contributed by atoms with Crippen molar-refractivity contribution >= 4 is 12.0 Å². The van der Waals surface area contributed by atoms with Gasteiger partial charge in [-0.05, 0) is 12.8 Å². The van der Waals surface area contributed by atoms with Crippen LogP contribution in [0.25, 0.3) is 0 Å². The van der Waals surface area contributed by atoms with Crippen LogP contribution in [-0.4, -0.2) is 55.6 Å². The van der Waals surface area contributed by atoms with E-state index in [-0.39, 0.29) is 25.3 Å². The van der Waals surface area contributed by atoms with Crippen LogP contribution in [0.1, 0.15) is 12.8 Å². The first kappa shape index (κ1) is 13.1. The number of hydrogen-bond acceptors (Lipinski definition) is 4. The van der Waals surface area contributed by atoms with Crippen LogP contribution in [0.5, 0.6) is 0 Å². The first-order valence-corrected chi connectivity index (χ1v) is 6.12. The number of amides is 2. The number of carboxylic acid groups (broad SMARTS) is 1. The Morgan fingerprint density at radius 2 is 1.78 bits per heavy atom. The molecule has 0 aliphatic carbocycles. The Balaban J connectivity index is 1.77. The Morgan fingerprint density at radius 1 is 1.06 bits per heavy atom. The molecule has 0 aromatic heterocycles. The van der Waals surface area contributed by atoms with Gasteiger partial charge in [-0.15, -0.1) is 0 Å². The van der Waals surface area contributed by atoms with Gasteiger partial charge in [0.2, 0.25) is 0 Å². The van der Waals surface area contributed by atoms with E-state index in [1.807, 2.05) is 0 Å². The van der Waals surface area contributed by atoms with E-state index in [1.165, 1.54) is 0 Å². The number of urea groups is 1. The number of nitrogens with one attached hydrogen (secondary N) is 2. The molecule has 2 heterocycles. The third-order valence-corrected chi connectivity index (χ3v) is 3.27. The third-order valence-electron chi connectivity index (χ3n) is 3.27. The highest BCUT2D eigenvalue weighted by Crippen LogP contribution is 2.14. The number of ether oxygens (including phenoxy) is 2. The van der Waals surface area contributed by atoms with Gasteiger partial charge >= 0.3 is 12.0 Å². The fourth-order valence-electron chi connectivity index (χ4n) is 2.18. The van der Waals surface area contributed by atoms with Gasteiger partial charge < -0.3 is 25.2 Å². The molecule has 0 bridgehead atoms. The zero-order chi connectivity index (χ0) is 13.0. The van der Waals surface area contributed by atoms with E-state index in [0.29, 0.717) is 13.2 Å². The van der Waals surface area contributed by atoms with Crippen LogP contribution in [0.4, 0.5) is 4.79 Å². The average molecular weight is 258 g/mol. The summed E-state index contributed by atoms with van der Waals surface area (Å²) >= 11 is 0. The zero-order valence-electron chi connectivity index (χ0n) is 10.1. The van der Waals surface area contributed by atoms with E-state index >= 15 is 0 Å². The maximum absolute atomic E-state index is 11.7. The number of aliphatic carboxylic acids is 1. The van der Waals surface area contributed by atoms with Crippen molar-refractivity contribution in [1.82, 2.24) is 10.6 Å². The molecule has 2 atom stereocenters. The minimum absolute atomic E-state index is 0.101. The Bertz CT molecular complexity index is 317. The summed E-state index contributed by atoms with van der Waals surface area (Å²) in [6.07, 6.45) is 1.58. The second-order valence-corrected chi connectivity index (χ2v) is 4.59. The van der Waals surface area contributed by atoms with E-state index in [1.54, 1.807) is 0 Å². The molecule has 2 fully saturated rings. The van der Waals surface area contributed by atoms with Gasteiger partial charge in [0.05, 0.1) is 19.3 Å². The molecule has 3 N–H and O–H groups in total. The quantitative estimate of drug-likeness (QED) is 0.638. The summed E-state index contributed by atoms with van der Waals surface area (Å²) in [6, 6.07) is -0.685. The summed E-state index contributed by atoms with van der Waals surface area (Å²) in [6.45, 7) is 1.69. The summed E-state index contributed by atoms with van der Waals surface area (Å²) in [4.78, 5) is 22.6. The zero-order valence-corrected chi connectivity index (χ0v) is 10.1. The Morgan fingerprint density at radius 3 is 2.44 bits per heavy atom. The van der Waals surface area contributed by atoms with E-state index in [4.69, 9.17) is 14.6 Å². The lowest BCUT2D eigenvalue weighted by Gasteiger charge is -2.24. The maximum atomic E-state index is 11.7. The van der Waals surface area contributed by atoms with Crippen molar-refractivity contribution in [3.63, 3.8) is 0 Å². The van der Waals surface area contributed by atoms with Gasteiger partial charge in [-0.25, -0.2) is 4.79 Å². The van der Waals surface area contributed by atoms with Crippen molar-refractivity contribution in [2.45, 2.75) is 24.9 Å². The monoisotopic (exact) mass is 258 g/mol.